The highest BCUT2D eigenvalue weighted by Crippen LogP contribution is 2.36. The minimum Gasteiger partial charge on any atom is -0.201 e. The van der Waals surface area contributed by atoms with Crippen molar-refractivity contribution in [3.05, 3.63) is 106 Å². The molecule has 0 saturated carbocycles. The molecule has 0 nitrogen and oxygen atoms in total. The number of rotatable bonds is 6. The molecule has 29 heavy (non-hydrogen) atoms. The maximum atomic E-state index is 15.0. The monoisotopic (exact) mass is 400 g/mol. The van der Waals surface area contributed by atoms with E-state index in [1.165, 1.54) is 24.3 Å². The average Bonchev–Trinajstić information content (AvgIpc) is 2.60. The first-order valence-electron chi connectivity index (χ1n) is 9.54. The van der Waals surface area contributed by atoms with Crippen molar-refractivity contribution in [2.75, 3.05) is 0 Å². The molecule has 0 amide bonds. The summed E-state index contributed by atoms with van der Waals surface area (Å²) in [6.07, 6.45) is -1.09. The van der Waals surface area contributed by atoms with Crippen molar-refractivity contribution in [2.45, 2.75) is 45.5 Å². The van der Waals surface area contributed by atoms with E-state index in [1.54, 1.807) is 50.2 Å². The highest BCUT2D eigenvalue weighted by Gasteiger charge is 2.35. The molecular weight excluding hydrogens is 376 g/mol. The molecule has 4 heteroatoms. The van der Waals surface area contributed by atoms with E-state index in [9.17, 15) is 17.6 Å². The minimum atomic E-state index is -3.15. The zero-order chi connectivity index (χ0) is 21.2. The molecule has 0 spiro atoms. The molecule has 0 unspecified atom stereocenters. The lowest BCUT2D eigenvalue weighted by molar-refractivity contribution is -0.00794. The van der Waals surface area contributed by atoms with E-state index in [4.69, 9.17) is 0 Å². The van der Waals surface area contributed by atoms with Gasteiger partial charge < -0.3 is 0 Å². The fourth-order valence-corrected chi connectivity index (χ4v) is 3.59. The number of halogens is 4. The van der Waals surface area contributed by atoms with Crippen molar-refractivity contribution >= 4 is 0 Å². The molecule has 3 aromatic rings. The molecule has 0 aliphatic heterocycles. The summed E-state index contributed by atoms with van der Waals surface area (Å²) >= 11 is 0. The molecule has 0 fully saturated rings. The summed E-state index contributed by atoms with van der Waals surface area (Å²) in [5.74, 6) is -6.28. The summed E-state index contributed by atoms with van der Waals surface area (Å²) in [4.78, 5) is 0. The van der Waals surface area contributed by atoms with Crippen molar-refractivity contribution in [1.29, 1.82) is 0 Å². The predicted octanol–water partition coefficient (Wildman–Crippen LogP) is 7.28. The van der Waals surface area contributed by atoms with Crippen LogP contribution >= 0.6 is 0 Å². The normalized spacial score (nSPS) is 12.2. The van der Waals surface area contributed by atoms with Gasteiger partial charge in [0.1, 0.15) is 0 Å². The quantitative estimate of drug-likeness (QED) is 0.381. The minimum absolute atomic E-state index is 0.105. The Labute approximate surface area is 169 Å². The molecule has 0 atom stereocenters. The number of alkyl halides is 4. The topological polar surface area (TPSA) is 0 Å². The van der Waals surface area contributed by atoms with Crippen LogP contribution in [0.4, 0.5) is 17.6 Å². The van der Waals surface area contributed by atoms with Gasteiger partial charge in [-0.15, -0.1) is 0 Å². The number of hydrogen-bond donors (Lipinski definition) is 0. The van der Waals surface area contributed by atoms with Gasteiger partial charge in [-0.05, 0) is 38.0 Å². The second-order valence-electron chi connectivity index (χ2n) is 7.83. The van der Waals surface area contributed by atoms with E-state index in [1.807, 2.05) is 13.0 Å². The van der Waals surface area contributed by atoms with Gasteiger partial charge in [0.15, 0.2) is 0 Å². The van der Waals surface area contributed by atoms with Gasteiger partial charge in [0.2, 0.25) is 0 Å². The highest BCUT2D eigenvalue weighted by molar-refractivity contribution is 5.36. The third-order valence-electron chi connectivity index (χ3n) is 4.93. The lowest BCUT2D eigenvalue weighted by atomic mass is 9.93. The Morgan fingerprint density at radius 3 is 1.72 bits per heavy atom. The first kappa shape index (κ1) is 21.1. The maximum Gasteiger partial charge on any atom is 0.277 e. The molecule has 0 radical (unpaired) electrons. The van der Waals surface area contributed by atoms with Crippen molar-refractivity contribution < 1.29 is 17.6 Å². The van der Waals surface area contributed by atoms with Crippen molar-refractivity contribution in [2.24, 2.45) is 0 Å². The summed E-state index contributed by atoms with van der Waals surface area (Å²) in [6.45, 7) is 5.25. The Bertz CT molecular complexity index is 1010. The number of hydrogen-bond acceptors (Lipinski definition) is 0. The maximum absolute atomic E-state index is 15.0. The van der Waals surface area contributed by atoms with Crippen LogP contribution in [0, 0.1) is 20.8 Å². The Morgan fingerprint density at radius 1 is 0.552 bits per heavy atom. The molecule has 0 heterocycles. The second-order valence-corrected chi connectivity index (χ2v) is 7.83. The highest BCUT2D eigenvalue weighted by atomic mass is 19.3. The van der Waals surface area contributed by atoms with Gasteiger partial charge in [0.05, 0.1) is 0 Å². The first-order chi connectivity index (χ1) is 13.5. The summed E-state index contributed by atoms with van der Waals surface area (Å²) in [5.41, 5.74) is 2.57. The fraction of sp³-hybridized carbons (Fsp3) is 0.280. The van der Waals surface area contributed by atoms with Gasteiger partial charge in [-0.1, -0.05) is 77.4 Å². The van der Waals surface area contributed by atoms with E-state index in [0.717, 1.165) is 11.1 Å². The van der Waals surface area contributed by atoms with Gasteiger partial charge in [-0.3, -0.25) is 0 Å². The van der Waals surface area contributed by atoms with Gasteiger partial charge in [-0.25, -0.2) is 17.6 Å². The van der Waals surface area contributed by atoms with E-state index in [-0.39, 0.29) is 16.7 Å². The third-order valence-corrected chi connectivity index (χ3v) is 4.93. The van der Waals surface area contributed by atoms with Crippen LogP contribution in [0.5, 0.6) is 0 Å². The Kier molecular flexibility index (Phi) is 5.83. The molecule has 3 aromatic carbocycles. The molecular formula is C25H24F4. The van der Waals surface area contributed by atoms with Gasteiger partial charge in [0.25, 0.3) is 11.8 Å². The summed E-state index contributed by atoms with van der Waals surface area (Å²) in [6, 6.07) is 17.2. The zero-order valence-electron chi connectivity index (χ0n) is 16.8. The van der Waals surface area contributed by atoms with Crippen LogP contribution in [0.3, 0.4) is 0 Å². The van der Waals surface area contributed by atoms with Crippen LogP contribution in [0.1, 0.15) is 38.9 Å². The van der Waals surface area contributed by atoms with E-state index < -0.39 is 24.7 Å². The molecule has 0 aromatic heterocycles. The molecule has 0 N–H and O–H groups in total. The Hall–Kier alpha value is -2.62. The molecule has 152 valence electrons. The first-order valence-corrected chi connectivity index (χ1v) is 9.54. The largest absolute Gasteiger partial charge is 0.277 e. The van der Waals surface area contributed by atoms with E-state index in [2.05, 4.69) is 0 Å². The van der Waals surface area contributed by atoms with Crippen molar-refractivity contribution in [1.82, 2.24) is 0 Å². The predicted molar refractivity (Wildman–Crippen MR) is 109 cm³/mol. The smallest absolute Gasteiger partial charge is 0.201 e. The van der Waals surface area contributed by atoms with Crippen LogP contribution in [-0.2, 0) is 24.7 Å². The van der Waals surface area contributed by atoms with E-state index >= 15 is 0 Å². The van der Waals surface area contributed by atoms with Gasteiger partial charge in [0, 0.05) is 24.0 Å². The van der Waals surface area contributed by atoms with Crippen LogP contribution in [0.2, 0.25) is 0 Å². The van der Waals surface area contributed by atoms with Gasteiger partial charge >= 0.3 is 0 Å². The molecule has 0 aliphatic rings. The van der Waals surface area contributed by atoms with Crippen LogP contribution in [0.15, 0.2) is 66.7 Å². The fourth-order valence-electron chi connectivity index (χ4n) is 3.59. The number of benzene rings is 3. The van der Waals surface area contributed by atoms with Crippen molar-refractivity contribution in [3.8, 4) is 0 Å². The van der Waals surface area contributed by atoms with Crippen LogP contribution in [0.25, 0.3) is 0 Å². The lowest BCUT2D eigenvalue weighted by Gasteiger charge is -2.21. The Balaban J connectivity index is 1.89. The zero-order valence-corrected chi connectivity index (χ0v) is 16.8. The lowest BCUT2D eigenvalue weighted by Crippen LogP contribution is -2.20. The molecule has 3 rings (SSSR count). The summed E-state index contributed by atoms with van der Waals surface area (Å²) < 4.78 is 59.5. The summed E-state index contributed by atoms with van der Waals surface area (Å²) in [5, 5.41) is 0. The number of aryl methyl sites for hydroxylation is 3. The molecule has 0 saturated heterocycles. The summed E-state index contributed by atoms with van der Waals surface area (Å²) in [7, 11) is 0. The Morgan fingerprint density at radius 2 is 1.07 bits per heavy atom. The second kappa shape index (κ2) is 8.02. The van der Waals surface area contributed by atoms with Crippen LogP contribution < -0.4 is 0 Å². The average molecular weight is 400 g/mol. The van der Waals surface area contributed by atoms with Gasteiger partial charge in [-0.2, -0.15) is 0 Å². The van der Waals surface area contributed by atoms with E-state index in [0.29, 0.717) is 11.1 Å². The SMILES string of the molecule is Cc1cccc(CC(F)(F)c2cc(C)cc(CC(F)(F)c3cccc(C)c3)c2)c1. The third kappa shape index (κ3) is 5.26. The molecule has 0 bridgehead atoms. The molecule has 0 aliphatic carbocycles. The van der Waals surface area contributed by atoms with Crippen LogP contribution in [-0.4, -0.2) is 0 Å². The standard InChI is InChI=1S/C25H24F4/c1-17-6-4-8-20(10-17)15-25(28,29)23-13-19(3)11-21(14-23)16-24(26,27)22-9-5-7-18(2)12-22/h4-14H,15-16H2,1-3H3. The van der Waals surface area contributed by atoms with Crippen molar-refractivity contribution in [3.63, 3.8) is 0 Å².